The Balaban J connectivity index is 1.37. The molecular formula is C31H33F2N5O3. The quantitative estimate of drug-likeness (QED) is 0.388. The van der Waals surface area contributed by atoms with Gasteiger partial charge in [0.05, 0.1) is 11.4 Å². The van der Waals surface area contributed by atoms with Gasteiger partial charge in [-0.05, 0) is 55.7 Å². The number of nitrogens with zero attached hydrogens (tertiary/aromatic N) is 2. The molecule has 1 aliphatic heterocycles. The van der Waals surface area contributed by atoms with E-state index in [0.717, 1.165) is 18.6 Å². The molecule has 3 aromatic carbocycles. The minimum Gasteiger partial charge on any atom is -0.368 e. The zero-order valence-electron chi connectivity index (χ0n) is 22.8. The number of hydrogen-bond acceptors (Lipinski definition) is 4. The number of carbonyl (C=O) groups excluding carboxylic acids is 3. The average molecular weight is 562 g/mol. The third kappa shape index (κ3) is 6.82. The molecule has 2 unspecified atom stereocenters. The molecule has 10 heteroatoms. The van der Waals surface area contributed by atoms with Crippen molar-refractivity contribution in [2.75, 3.05) is 42.9 Å². The third-order valence-electron chi connectivity index (χ3n) is 7.42. The molecule has 0 aromatic heterocycles. The number of halogens is 2. The van der Waals surface area contributed by atoms with Gasteiger partial charge in [0.15, 0.2) is 0 Å². The monoisotopic (exact) mass is 561 g/mol. The summed E-state index contributed by atoms with van der Waals surface area (Å²) in [5.74, 6) is -2.44. The maximum absolute atomic E-state index is 13.8. The van der Waals surface area contributed by atoms with E-state index in [9.17, 15) is 23.2 Å². The highest BCUT2D eigenvalue weighted by Crippen LogP contribution is 2.41. The Kier molecular flexibility index (Phi) is 8.47. The summed E-state index contributed by atoms with van der Waals surface area (Å²) in [7, 11) is 0. The van der Waals surface area contributed by atoms with Crippen LogP contribution in [-0.4, -0.2) is 61.5 Å². The summed E-state index contributed by atoms with van der Waals surface area (Å²) in [4.78, 5) is 42.4. The standard InChI is InChI=1S/C31H33F2N5O3/c1-2-34-31(41)38-12-6-11-37(13-14-38)28-10-9-21(29(39)35-26-19-25(26)20-7-4-3-5-8-20)17-27(28)36-30(40)22-15-23(32)18-24(33)16-22/h3-5,7-10,15-18,25-26H,2,6,11-14,19H2,1H3,(H,34,41)(H,35,39)(H,36,40). The van der Waals surface area contributed by atoms with Crippen molar-refractivity contribution in [1.29, 1.82) is 0 Å². The molecule has 41 heavy (non-hydrogen) atoms. The van der Waals surface area contributed by atoms with Crippen LogP contribution in [0.1, 0.15) is 52.0 Å². The molecule has 5 rings (SSSR count). The van der Waals surface area contributed by atoms with Crippen molar-refractivity contribution < 1.29 is 23.2 Å². The van der Waals surface area contributed by atoms with E-state index in [1.54, 1.807) is 23.1 Å². The molecule has 3 aromatic rings. The van der Waals surface area contributed by atoms with Crippen LogP contribution in [0.25, 0.3) is 0 Å². The number of hydrogen-bond donors (Lipinski definition) is 3. The zero-order chi connectivity index (χ0) is 28.9. The average Bonchev–Trinajstić information content (AvgIpc) is 3.76. The van der Waals surface area contributed by atoms with Gasteiger partial charge in [0, 0.05) is 61.9 Å². The Labute approximate surface area is 237 Å². The first kappa shape index (κ1) is 28.1. The lowest BCUT2D eigenvalue weighted by Gasteiger charge is -2.26. The number of anilines is 2. The van der Waals surface area contributed by atoms with Crippen LogP contribution in [0, 0.1) is 11.6 Å². The summed E-state index contributed by atoms with van der Waals surface area (Å²) in [5, 5.41) is 8.66. The summed E-state index contributed by atoms with van der Waals surface area (Å²) >= 11 is 0. The van der Waals surface area contributed by atoms with Gasteiger partial charge >= 0.3 is 6.03 Å². The third-order valence-corrected chi connectivity index (χ3v) is 7.42. The molecular weight excluding hydrogens is 528 g/mol. The van der Waals surface area contributed by atoms with E-state index >= 15 is 0 Å². The van der Waals surface area contributed by atoms with Gasteiger partial charge in [-0.2, -0.15) is 0 Å². The van der Waals surface area contributed by atoms with E-state index < -0.39 is 17.5 Å². The van der Waals surface area contributed by atoms with Gasteiger partial charge in [0.1, 0.15) is 11.6 Å². The number of amides is 4. The minimum absolute atomic E-state index is 0.0174. The maximum atomic E-state index is 13.8. The highest BCUT2D eigenvalue weighted by molar-refractivity contribution is 6.07. The predicted octanol–water partition coefficient (Wildman–Crippen LogP) is 4.74. The topological polar surface area (TPSA) is 93.8 Å². The Hall–Kier alpha value is -4.47. The lowest BCUT2D eigenvalue weighted by molar-refractivity contribution is 0.0949. The van der Waals surface area contributed by atoms with Crippen LogP contribution < -0.4 is 20.9 Å². The SMILES string of the molecule is CCNC(=O)N1CCCN(c2ccc(C(=O)NC3CC3c3ccccc3)cc2NC(=O)c2cc(F)cc(F)c2)CC1. The molecule has 1 heterocycles. The largest absolute Gasteiger partial charge is 0.368 e. The fourth-order valence-electron chi connectivity index (χ4n) is 5.23. The lowest BCUT2D eigenvalue weighted by atomic mass is 10.1. The molecule has 214 valence electrons. The number of benzene rings is 3. The molecule has 0 spiro atoms. The van der Waals surface area contributed by atoms with Crippen molar-refractivity contribution in [3.63, 3.8) is 0 Å². The first-order valence-electron chi connectivity index (χ1n) is 13.9. The molecule has 8 nitrogen and oxygen atoms in total. The molecule has 3 N–H and O–H groups in total. The van der Waals surface area contributed by atoms with Gasteiger partial charge in [-0.25, -0.2) is 13.6 Å². The van der Waals surface area contributed by atoms with Gasteiger partial charge in [0.2, 0.25) is 0 Å². The van der Waals surface area contributed by atoms with Gasteiger partial charge in [-0.3, -0.25) is 9.59 Å². The fourth-order valence-corrected chi connectivity index (χ4v) is 5.23. The van der Waals surface area contributed by atoms with E-state index in [-0.39, 0.29) is 29.5 Å². The summed E-state index contributed by atoms with van der Waals surface area (Å²) in [5.41, 5.74) is 2.34. The van der Waals surface area contributed by atoms with Crippen molar-refractivity contribution >= 4 is 29.2 Å². The van der Waals surface area contributed by atoms with E-state index in [1.165, 1.54) is 5.56 Å². The van der Waals surface area contributed by atoms with Crippen LogP contribution in [0.3, 0.4) is 0 Å². The van der Waals surface area contributed by atoms with Crippen molar-refractivity contribution in [2.45, 2.75) is 31.7 Å². The van der Waals surface area contributed by atoms with E-state index in [4.69, 9.17) is 0 Å². The van der Waals surface area contributed by atoms with E-state index in [1.807, 2.05) is 42.2 Å². The number of carbonyl (C=O) groups is 3. The highest BCUT2D eigenvalue weighted by Gasteiger charge is 2.39. The van der Waals surface area contributed by atoms with Gasteiger partial charge in [-0.15, -0.1) is 0 Å². The Morgan fingerprint density at radius 1 is 0.854 bits per heavy atom. The summed E-state index contributed by atoms with van der Waals surface area (Å²) in [6, 6.07) is 17.6. The molecule has 0 radical (unpaired) electrons. The van der Waals surface area contributed by atoms with Crippen LogP contribution >= 0.6 is 0 Å². The molecule has 1 aliphatic carbocycles. The summed E-state index contributed by atoms with van der Waals surface area (Å²) < 4.78 is 27.7. The molecule has 1 saturated carbocycles. The Morgan fingerprint density at radius 2 is 1.61 bits per heavy atom. The number of rotatable bonds is 7. The number of urea groups is 1. The Bertz CT molecular complexity index is 1410. The van der Waals surface area contributed by atoms with Crippen molar-refractivity contribution in [3.8, 4) is 0 Å². The summed E-state index contributed by atoms with van der Waals surface area (Å²) in [6.45, 7) is 4.56. The molecule has 4 amide bonds. The van der Waals surface area contributed by atoms with E-state index in [2.05, 4.69) is 16.0 Å². The second-order valence-electron chi connectivity index (χ2n) is 10.3. The van der Waals surface area contributed by atoms with Crippen LogP contribution in [0.5, 0.6) is 0 Å². The molecule has 2 atom stereocenters. The smallest absolute Gasteiger partial charge is 0.317 e. The van der Waals surface area contributed by atoms with Crippen molar-refractivity contribution in [1.82, 2.24) is 15.5 Å². The van der Waals surface area contributed by atoms with E-state index in [0.29, 0.717) is 62.1 Å². The highest BCUT2D eigenvalue weighted by atomic mass is 19.1. The molecule has 2 fully saturated rings. The first-order chi connectivity index (χ1) is 19.8. The second kappa shape index (κ2) is 12.4. The minimum atomic E-state index is -0.862. The normalized spacial score (nSPS) is 18.3. The van der Waals surface area contributed by atoms with Crippen LogP contribution in [0.4, 0.5) is 25.0 Å². The second-order valence-corrected chi connectivity index (χ2v) is 10.3. The van der Waals surface area contributed by atoms with Crippen LogP contribution in [0.2, 0.25) is 0 Å². The van der Waals surface area contributed by atoms with Gasteiger partial charge < -0.3 is 25.8 Å². The van der Waals surface area contributed by atoms with Crippen molar-refractivity contribution in [2.24, 2.45) is 0 Å². The zero-order valence-corrected chi connectivity index (χ0v) is 22.8. The Morgan fingerprint density at radius 3 is 2.34 bits per heavy atom. The van der Waals surface area contributed by atoms with Gasteiger partial charge in [0.25, 0.3) is 11.8 Å². The van der Waals surface area contributed by atoms with Crippen molar-refractivity contribution in [3.05, 3.63) is 95.1 Å². The lowest BCUT2D eigenvalue weighted by Crippen LogP contribution is -2.42. The molecule has 2 aliphatic rings. The predicted molar refractivity (Wildman–Crippen MR) is 153 cm³/mol. The molecule has 1 saturated heterocycles. The first-order valence-corrected chi connectivity index (χ1v) is 13.9. The maximum Gasteiger partial charge on any atom is 0.317 e. The van der Waals surface area contributed by atoms with Crippen LogP contribution in [0.15, 0.2) is 66.7 Å². The van der Waals surface area contributed by atoms with Gasteiger partial charge in [-0.1, -0.05) is 30.3 Å². The fraction of sp³-hybridized carbons (Fsp3) is 0.323. The molecule has 0 bridgehead atoms. The summed E-state index contributed by atoms with van der Waals surface area (Å²) in [6.07, 6.45) is 1.54. The van der Waals surface area contributed by atoms with Crippen LogP contribution in [-0.2, 0) is 0 Å². The number of nitrogens with one attached hydrogen (secondary N) is 3.